The van der Waals surface area contributed by atoms with Crippen molar-refractivity contribution in [3.8, 4) is 0 Å². The zero-order chi connectivity index (χ0) is 13.9. The van der Waals surface area contributed by atoms with E-state index in [1.807, 2.05) is 18.7 Å². The van der Waals surface area contributed by atoms with E-state index >= 15 is 0 Å². The quantitative estimate of drug-likeness (QED) is 0.650. The topological polar surface area (TPSA) is 66.9 Å². The molecule has 1 aromatic heterocycles. The van der Waals surface area contributed by atoms with E-state index in [9.17, 15) is 4.79 Å². The van der Waals surface area contributed by atoms with Gasteiger partial charge in [0.1, 0.15) is 0 Å². The molecule has 1 aromatic rings. The summed E-state index contributed by atoms with van der Waals surface area (Å²) >= 11 is 3.18. The maximum absolute atomic E-state index is 11.8. The van der Waals surface area contributed by atoms with Gasteiger partial charge in [0.2, 0.25) is 10.1 Å². The lowest BCUT2D eigenvalue weighted by Gasteiger charge is -2.02. The molecular formula is C12H22N4OS2. The first-order chi connectivity index (χ1) is 9.27. The summed E-state index contributed by atoms with van der Waals surface area (Å²) in [6, 6.07) is 0. The molecule has 0 unspecified atom stereocenters. The Kier molecular flexibility index (Phi) is 8.57. The summed E-state index contributed by atoms with van der Waals surface area (Å²) in [6.07, 6.45) is 6.82. The van der Waals surface area contributed by atoms with E-state index in [1.54, 1.807) is 0 Å². The number of amides is 1. The molecule has 0 aliphatic heterocycles. The smallest absolute Gasteiger partial charge is 0.282 e. The predicted molar refractivity (Wildman–Crippen MR) is 83.3 cm³/mol. The maximum Gasteiger partial charge on any atom is 0.282 e. The van der Waals surface area contributed by atoms with Crippen molar-refractivity contribution >= 4 is 34.1 Å². The summed E-state index contributed by atoms with van der Waals surface area (Å²) in [6.45, 7) is 3.48. The molecule has 0 radical (unpaired) electrons. The van der Waals surface area contributed by atoms with Gasteiger partial charge in [0.05, 0.1) is 0 Å². The molecular weight excluding hydrogens is 280 g/mol. The Morgan fingerprint density at radius 2 is 2.05 bits per heavy atom. The molecule has 0 fully saturated rings. The first kappa shape index (κ1) is 16.2. The van der Waals surface area contributed by atoms with Crippen molar-refractivity contribution in [2.75, 3.05) is 30.4 Å². The molecule has 2 N–H and O–H groups in total. The number of thioether (sulfide) groups is 1. The SMILES string of the molecule is CCNc1nnc(C(=O)NCCCCCCSC)s1. The fourth-order valence-corrected chi connectivity index (χ4v) is 2.76. The number of hydrogen-bond donors (Lipinski definition) is 2. The number of unbranched alkanes of at least 4 members (excludes halogenated alkanes) is 3. The largest absolute Gasteiger partial charge is 0.360 e. The van der Waals surface area contributed by atoms with Crippen LogP contribution in [0.3, 0.4) is 0 Å². The fourth-order valence-electron chi connectivity index (χ4n) is 1.54. The molecule has 7 heteroatoms. The molecule has 108 valence electrons. The second-order valence-electron chi connectivity index (χ2n) is 4.11. The Morgan fingerprint density at radius 3 is 2.79 bits per heavy atom. The number of rotatable bonds is 10. The van der Waals surface area contributed by atoms with Crippen molar-refractivity contribution in [3.63, 3.8) is 0 Å². The first-order valence-corrected chi connectivity index (χ1v) is 8.83. The average Bonchev–Trinajstić information content (AvgIpc) is 2.87. The van der Waals surface area contributed by atoms with E-state index in [4.69, 9.17) is 0 Å². The standard InChI is InChI=1S/C12H22N4OS2/c1-3-13-12-16-15-11(19-12)10(17)14-8-6-4-5-7-9-18-2/h3-9H2,1-2H3,(H,13,16)(H,14,17). The van der Waals surface area contributed by atoms with Gasteiger partial charge in [-0.1, -0.05) is 24.2 Å². The summed E-state index contributed by atoms with van der Waals surface area (Å²) in [4.78, 5) is 11.8. The number of nitrogens with zero attached hydrogens (tertiary/aromatic N) is 2. The minimum atomic E-state index is -0.120. The van der Waals surface area contributed by atoms with Gasteiger partial charge in [-0.3, -0.25) is 4.79 Å². The monoisotopic (exact) mass is 302 g/mol. The molecule has 0 aliphatic rings. The average molecular weight is 302 g/mol. The van der Waals surface area contributed by atoms with Crippen LogP contribution in [0.25, 0.3) is 0 Å². The van der Waals surface area contributed by atoms with Crippen molar-refractivity contribution in [1.29, 1.82) is 0 Å². The van der Waals surface area contributed by atoms with Crippen LogP contribution < -0.4 is 10.6 Å². The van der Waals surface area contributed by atoms with Crippen LogP contribution in [0.15, 0.2) is 0 Å². The van der Waals surface area contributed by atoms with E-state index in [0.29, 0.717) is 16.7 Å². The third kappa shape index (κ3) is 6.77. The highest BCUT2D eigenvalue weighted by atomic mass is 32.2. The molecule has 0 aliphatic carbocycles. The molecule has 1 amide bonds. The number of aromatic nitrogens is 2. The van der Waals surface area contributed by atoms with Crippen LogP contribution in [0.2, 0.25) is 0 Å². The lowest BCUT2D eigenvalue weighted by atomic mass is 10.2. The zero-order valence-corrected chi connectivity index (χ0v) is 13.2. The highest BCUT2D eigenvalue weighted by Crippen LogP contribution is 2.14. The molecule has 0 bridgehead atoms. The lowest BCUT2D eigenvalue weighted by Crippen LogP contribution is -2.24. The predicted octanol–water partition coefficient (Wildman–Crippen LogP) is 2.62. The minimum Gasteiger partial charge on any atom is -0.360 e. The van der Waals surface area contributed by atoms with Gasteiger partial charge in [-0.15, -0.1) is 10.2 Å². The normalized spacial score (nSPS) is 10.4. The summed E-state index contributed by atoms with van der Waals surface area (Å²) in [5.74, 6) is 1.11. The summed E-state index contributed by atoms with van der Waals surface area (Å²) in [7, 11) is 0. The van der Waals surface area contributed by atoms with E-state index < -0.39 is 0 Å². The molecule has 0 saturated heterocycles. The van der Waals surface area contributed by atoms with Crippen molar-refractivity contribution in [1.82, 2.24) is 15.5 Å². The molecule has 0 aromatic carbocycles. The summed E-state index contributed by atoms with van der Waals surface area (Å²) in [5, 5.41) is 14.8. The second kappa shape index (κ2) is 10.0. The van der Waals surface area contributed by atoms with Crippen molar-refractivity contribution in [3.05, 3.63) is 5.01 Å². The lowest BCUT2D eigenvalue weighted by molar-refractivity contribution is 0.0952. The number of carbonyl (C=O) groups excluding carboxylic acids is 1. The third-order valence-corrected chi connectivity index (χ3v) is 4.08. The third-order valence-electron chi connectivity index (χ3n) is 2.51. The van der Waals surface area contributed by atoms with E-state index in [0.717, 1.165) is 13.0 Å². The fraction of sp³-hybridized carbons (Fsp3) is 0.750. The van der Waals surface area contributed by atoms with Gasteiger partial charge in [-0.2, -0.15) is 11.8 Å². The molecule has 0 saturated carbocycles. The van der Waals surface area contributed by atoms with E-state index in [2.05, 4.69) is 27.1 Å². The van der Waals surface area contributed by atoms with Crippen molar-refractivity contribution in [2.24, 2.45) is 0 Å². The van der Waals surface area contributed by atoms with E-state index in [-0.39, 0.29) is 5.91 Å². The highest BCUT2D eigenvalue weighted by Gasteiger charge is 2.11. The van der Waals surface area contributed by atoms with Gasteiger partial charge in [0, 0.05) is 13.1 Å². The second-order valence-corrected chi connectivity index (χ2v) is 6.07. The van der Waals surface area contributed by atoms with Gasteiger partial charge in [-0.05, 0) is 31.8 Å². The van der Waals surface area contributed by atoms with Crippen LogP contribution in [-0.4, -0.2) is 41.2 Å². The Labute approximate surface area is 123 Å². The van der Waals surface area contributed by atoms with Gasteiger partial charge in [-0.25, -0.2) is 0 Å². The Hall–Kier alpha value is -0.820. The number of nitrogens with one attached hydrogen (secondary N) is 2. The van der Waals surface area contributed by atoms with Crippen LogP contribution in [-0.2, 0) is 0 Å². The number of anilines is 1. The Bertz CT molecular complexity index is 370. The first-order valence-electron chi connectivity index (χ1n) is 6.62. The van der Waals surface area contributed by atoms with Crippen LogP contribution >= 0.6 is 23.1 Å². The number of hydrogen-bond acceptors (Lipinski definition) is 6. The highest BCUT2D eigenvalue weighted by molar-refractivity contribution is 7.98. The van der Waals surface area contributed by atoms with Crippen molar-refractivity contribution < 1.29 is 4.79 Å². The Morgan fingerprint density at radius 1 is 1.26 bits per heavy atom. The summed E-state index contributed by atoms with van der Waals surface area (Å²) in [5.41, 5.74) is 0. The molecule has 1 heterocycles. The molecule has 0 spiro atoms. The van der Waals surface area contributed by atoms with Gasteiger partial charge >= 0.3 is 0 Å². The molecule has 1 rings (SSSR count). The van der Waals surface area contributed by atoms with Crippen molar-refractivity contribution in [2.45, 2.75) is 32.6 Å². The van der Waals surface area contributed by atoms with Crippen LogP contribution in [0.4, 0.5) is 5.13 Å². The molecule has 5 nitrogen and oxygen atoms in total. The van der Waals surface area contributed by atoms with Gasteiger partial charge < -0.3 is 10.6 Å². The van der Waals surface area contributed by atoms with E-state index in [1.165, 1.54) is 36.4 Å². The Balaban J connectivity index is 2.13. The van der Waals surface area contributed by atoms with Gasteiger partial charge in [0.15, 0.2) is 0 Å². The van der Waals surface area contributed by atoms with Crippen LogP contribution in [0.1, 0.15) is 42.4 Å². The summed E-state index contributed by atoms with van der Waals surface area (Å²) < 4.78 is 0. The zero-order valence-electron chi connectivity index (χ0n) is 11.6. The van der Waals surface area contributed by atoms with Gasteiger partial charge in [0.25, 0.3) is 5.91 Å². The van der Waals surface area contributed by atoms with Crippen LogP contribution in [0.5, 0.6) is 0 Å². The minimum absolute atomic E-state index is 0.120. The maximum atomic E-state index is 11.8. The number of carbonyl (C=O) groups is 1. The molecule has 19 heavy (non-hydrogen) atoms. The molecule has 0 atom stereocenters. The van der Waals surface area contributed by atoms with Crippen LogP contribution in [0, 0.1) is 0 Å².